The summed E-state index contributed by atoms with van der Waals surface area (Å²) in [4.78, 5) is 0.0576. The first-order chi connectivity index (χ1) is 12.4. The molecule has 0 saturated heterocycles. The molecular weight excluding hydrogens is 349 g/mol. The lowest BCUT2D eigenvalue weighted by atomic mass is 10.1. The maximum Gasteiger partial charge on any atom is 0.264 e. The Morgan fingerprint density at radius 3 is 2.15 bits per heavy atom. The molecule has 3 aromatic carbocycles. The highest BCUT2D eigenvalue weighted by Crippen LogP contribution is 2.33. The Hall–Kier alpha value is -2.66. The van der Waals surface area contributed by atoms with Gasteiger partial charge in [-0.3, -0.25) is 4.31 Å². The van der Waals surface area contributed by atoms with Crippen molar-refractivity contribution in [3.05, 3.63) is 95.8 Å². The maximum absolute atomic E-state index is 13.3. The predicted octanol–water partition coefficient (Wildman–Crippen LogP) is 5.09. The first-order valence-electron chi connectivity index (χ1n) is 8.31. The van der Waals surface area contributed by atoms with Gasteiger partial charge in [0.15, 0.2) is 0 Å². The van der Waals surface area contributed by atoms with E-state index in [-0.39, 0.29) is 4.90 Å². The quantitative estimate of drug-likeness (QED) is 0.628. The summed E-state index contributed by atoms with van der Waals surface area (Å²) in [6.45, 7) is 3.82. The lowest BCUT2D eigenvalue weighted by Gasteiger charge is -2.31. The zero-order valence-electron chi connectivity index (χ0n) is 14.6. The van der Waals surface area contributed by atoms with Crippen molar-refractivity contribution in [2.45, 2.75) is 24.8 Å². The number of sulfonamides is 1. The maximum atomic E-state index is 13.3. The average Bonchev–Trinajstić information content (AvgIpc) is 2.63. The third-order valence-corrected chi connectivity index (χ3v) is 6.17. The fourth-order valence-corrected chi connectivity index (χ4v) is 4.58. The van der Waals surface area contributed by atoms with Crippen LogP contribution in [-0.2, 0) is 10.0 Å². The van der Waals surface area contributed by atoms with Crippen molar-refractivity contribution in [3.63, 3.8) is 0 Å². The van der Waals surface area contributed by atoms with Gasteiger partial charge in [-0.25, -0.2) is 12.8 Å². The molecule has 5 heteroatoms. The van der Waals surface area contributed by atoms with E-state index in [0.29, 0.717) is 5.69 Å². The topological polar surface area (TPSA) is 37.4 Å². The standard InChI is InChI=1S/C21H20FNO2S/c1-16-7-6-8-18(15-16)17(2)23(20-9-4-3-5-10-20)26(24,25)21-13-11-19(22)12-14-21/h3-15,17H,1-2H3/t17-/m0/s1. The third kappa shape index (κ3) is 3.63. The molecule has 3 rings (SSSR count). The van der Waals surface area contributed by atoms with Gasteiger partial charge in [0.05, 0.1) is 16.6 Å². The highest BCUT2D eigenvalue weighted by atomic mass is 32.2. The van der Waals surface area contributed by atoms with Crippen LogP contribution in [0.5, 0.6) is 0 Å². The molecule has 0 radical (unpaired) electrons. The van der Waals surface area contributed by atoms with Gasteiger partial charge in [0.1, 0.15) is 5.82 Å². The fourth-order valence-electron chi connectivity index (χ4n) is 2.93. The molecule has 134 valence electrons. The van der Waals surface area contributed by atoms with E-state index in [2.05, 4.69) is 0 Å². The smallest absolute Gasteiger partial charge is 0.259 e. The normalized spacial score (nSPS) is 12.6. The molecule has 0 spiro atoms. The van der Waals surface area contributed by atoms with Crippen molar-refractivity contribution in [3.8, 4) is 0 Å². The van der Waals surface area contributed by atoms with Gasteiger partial charge in [-0.05, 0) is 55.8 Å². The molecule has 0 N–H and O–H groups in total. The summed E-state index contributed by atoms with van der Waals surface area (Å²) in [5.74, 6) is -0.470. The molecule has 0 aliphatic heterocycles. The zero-order valence-corrected chi connectivity index (χ0v) is 15.4. The van der Waals surface area contributed by atoms with Gasteiger partial charge >= 0.3 is 0 Å². The van der Waals surface area contributed by atoms with Crippen LogP contribution in [0.3, 0.4) is 0 Å². The van der Waals surface area contributed by atoms with Crippen molar-refractivity contribution < 1.29 is 12.8 Å². The van der Waals surface area contributed by atoms with E-state index in [9.17, 15) is 12.8 Å². The molecule has 3 nitrogen and oxygen atoms in total. The van der Waals surface area contributed by atoms with E-state index in [0.717, 1.165) is 23.3 Å². The molecular formula is C21H20FNO2S. The minimum absolute atomic E-state index is 0.0576. The molecule has 0 aliphatic rings. The lowest BCUT2D eigenvalue weighted by Crippen LogP contribution is -2.33. The number of para-hydroxylation sites is 1. The van der Waals surface area contributed by atoms with E-state index >= 15 is 0 Å². The largest absolute Gasteiger partial charge is 0.264 e. The van der Waals surface area contributed by atoms with Crippen molar-refractivity contribution in [2.75, 3.05) is 4.31 Å². The van der Waals surface area contributed by atoms with Gasteiger partial charge in [0, 0.05) is 0 Å². The number of benzene rings is 3. The molecule has 0 unspecified atom stereocenters. The van der Waals surface area contributed by atoms with Gasteiger partial charge in [-0.15, -0.1) is 0 Å². The second-order valence-corrected chi connectivity index (χ2v) is 8.00. The van der Waals surface area contributed by atoms with Crippen LogP contribution in [0.2, 0.25) is 0 Å². The lowest BCUT2D eigenvalue weighted by molar-refractivity contribution is 0.582. The Kier molecular flexibility index (Phi) is 5.09. The molecule has 3 aromatic rings. The molecule has 0 heterocycles. The molecule has 1 atom stereocenters. The second-order valence-electron chi connectivity index (χ2n) is 6.18. The fraction of sp³-hybridized carbons (Fsp3) is 0.143. The summed E-state index contributed by atoms with van der Waals surface area (Å²) in [5.41, 5.74) is 2.51. The number of hydrogen-bond acceptors (Lipinski definition) is 2. The summed E-state index contributed by atoms with van der Waals surface area (Å²) in [6, 6.07) is 21.2. The molecule has 0 amide bonds. The summed E-state index contributed by atoms with van der Waals surface area (Å²) >= 11 is 0. The number of nitrogens with zero attached hydrogens (tertiary/aromatic N) is 1. The van der Waals surface area contributed by atoms with Crippen LogP contribution < -0.4 is 4.31 Å². The highest BCUT2D eigenvalue weighted by Gasteiger charge is 2.30. The van der Waals surface area contributed by atoms with Gasteiger partial charge in [0.2, 0.25) is 0 Å². The molecule has 0 aromatic heterocycles. The van der Waals surface area contributed by atoms with E-state index in [1.807, 2.05) is 44.2 Å². The Morgan fingerprint density at radius 1 is 0.885 bits per heavy atom. The van der Waals surface area contributed by atoms with Crippen molar-refractivity contribution in [1.29, 1.82) is 0 Å². The van der Waals surface area contributed by atoms with Crippen LogP contribution in [0.15, 0.2) is 83.8 Å². The van der Waals surface area contributed by atoms with Crippen LogP contribution in [0.4, 0.5) is 10.1 Å². The van der Waals surface area contributed by atoms with E-state index in [1.165, 1.54) is 16.4 Å². The summed E-state index contributed by atoms with van der Waals surface area (Å²) in [6.07, 6.45) is 0. The molecule has 0 fully saturated rings. The Balaban J connectivity index is 2.14. The zero-order chi connectivity index (χ0) is 18.7. The van der Waals surface area contributed by atoms with E-state index in [1.54, 1.807) is 24.3 Å². The summed E-state index contributed by atoms with van der Waals surface area (Å²) in [7, 11) is -3.86. The van der Waals surface area contributed by atoms with E-state index < -0.39 is 21.9 Å². The first kappa shape index (κ1) is 18.1. The van der Waals surface area contributed by atoms with Crippen molar-refractivity contribution in [1.82, 2.24) is 0 Å². The van der Waals surface area contributed by atoms with Gasteiger partial charge in [-0.2, -0.15) is 0 Å². The Labute approximate surface area is 153 Å². The average molecular weight is 369 g/mol. The SMILES string of the molecule is Cc1cccc([C@H](C)N(c2ccccc2)S(=O)(=O)c2ccc(F)cc2)c1. The minimum atomic E-state index is -3.86. The second kappa shape index (κ2) is 7.30. The van der Waals surface area contributed by atoms with Crippen molar-refractivity contribution >= 4 is 15.7 Å². The van der Waals surface area contributed by atoms with E-state index in [4.69, 9.17) is 0 Å². The summed E-state index contributed by atoms with van der Waals surface area (Å²) < 4.78 is 41.3. The van der Waals surface area contributed by atoms with Crippen LogP contribution in [0, 0.1) is 12.7 Å². The number of hydrogen-bond donors (Lipinski definition) is 0. The molecule has 26 heavy (non-hydrogen) atoms. The molecule has 0 saturated carbocycles. The van der Waals surface area contributed by atoms with Crippen LogP contribution >= 0.6 is 0 Å². The highest BCUT2D eigenvalue weighted by molar-refractivity contribution is 7.92. The molecule has 0 bridgehead atoms. The van der Waals surface area contributed by atoms with Crippen LogP contribution in [0.25, 0.3) is 0 Å². The van der Waals surface area contributed by atoms with Crippen LogP contribution in [-0.4, -0.2) is 8.42 Å². The monoisotopic (exact) mass is 369 g/mol. The Bertz CT molecular complexity index is 986. The minimum Gasteiger partial charge on any atom is -0.259 e. The number of anilines is 1. The van der Waals surface area contributed by atoms with Gasteiger partial charge in [0.25, 0.3) is 10.0 Å². The molecule has 0 aliphatic carbocycles. The van der Waals surface area contributed by atoms with Crippen molar-refractivity contribution in [2.24, 2.45) is 0 Å². The first-order valence-corrected chi connectivity index (χ1v) is 9.75. The number of rotatable bonds is 5. The van der Waals surface area contributed by atoms with Gasteiger partial charge in [-0.1, -0.05) is 48.0 Å². The third-order valence-electron chi connectivity index (χ3n) is 4.26. The number of halogens is 1. The number of aryl methyl sites for hydroxylation is 1. The Morgan fingerprint density at radius 2 is 1.54 bits per heavy atom. The van der Waals surface area contributed by atoms with Gasteiger partial charge < -0.3 is 0 Å². The predicted molar refractivity (Wildman–Crippen MR) is 102 cm³/mol. The van der Waals surface area contributed by atoms with Crippen LogP contribution in [0.1, 0.15) is 24.1 Å². The summed E-state index contributed by atoms with van der Waals surface area (Å²) in [5, 5.41) is 0.